The number of hydrogen-bond acceptors (Lipinski definition) is 4. The van der Waals surface area contributed by atoms with Crippen LogP contribution in [0, 0.1) is 12.7 Å². The molecule has 2 saturated heterocycles. The number of amides is 1. The average Bonchev–Trinajstić information content (AvgIpc) is 3.06. The molecule has 0 N–H and O–H groups in total. The molecule has 0 radical (unpaired) electrons. The van der Waals surface area contributed by atoms with Crippen molar-refractivity contribution in [2.24, 2.45) is 4.99 Å². The Hall–Kier alpha value is -2.19. The predicted molar refractivity (Wildman–Crippen MR) is 110 cm³/mol. The number of para-hydroxylation sites is 1. The average molecular weight is 419 g/mol. The largest absolute Gasteiger partial charge is 0.313 e. The van der Waals surface area contributed by atoms with Gasteiger partial charge in [-0.15, -0.1) is 0 Å². The van der Waals surface area contributed by atoms with Gasteiger partial charge in [-0.3, -0.25) is 4.79 Å². The maximum atomic E-state index is 14.5. The van der Waals surface area contributed by atoms with Crippen molar-refractivity contribution in [2.75, 3.05) is 16.4 Å². The van der Waals surface area contributed by atoms with Gasteiger partial charge in [-0.2, -0.15) is 4.99 Å². The van der Waals surface area contributed by atoms with Crippen LogP contribution in [-0.2, 0) is 21.1 Å². The first-order chi connectivity index (χ1) is 13.3. The number of nitrogens with zero attached hydrogens (tertiary/aromatic N) is 2. The molecule has 2 aliphatic rings. The lowest BCUT2D eigenvalue weighted by Gasteiger charge is -2.24. The summed E-state index contributed by atoms with van der Waals surface area (Å²) in [6.07, 6.45) is 0.143. The van der Waals surface area contributed by atoms with E-state index in [2.05, 4.69) is 4.99 Å². The molecule has 28 heavy (non-hydrogen) atoms. The first-order valence-corrected chi connectivity index (χ1v) is 11.6. The van der Waals surface area contributed by atoms with Crippen molar-refractivity contribution in [3.63, 3.8) is 0 Å². The fourth-order valence-corrected chi connectivity index (χ4v) is 7.56. The minimum Gasteiger partial charge on any atom is -0.313 e. The molecular formula is C20H19FN2O3S2. The van der Waals surface area contributed by atoms with Crippen LogP contribution < -0.4 is 4.90 Å². The van der Waals surface area contributed by atoms with Gasteiger partial charge in [0.25, 0.3) is 5.91 Å². The zero-order valence-corrected chi connectivity index (χ0v) is 16.8. The van der Waals surface area contributed by atoms with E-state index in [0.29, 0.717) is 5.17 Å². The molecule has 0 spiro atoms. The number of aryl methyl sites for hydroxylation is 1. The number of carbonyl (C=O) groups excluding carboxylic acids is 1. The zero-order chi connectivity index (χ0) is 19.9. The first kappa shape index (κ1) is 19.1. The second-order valence-corrected chi connectivity index (χ2v) is 10.4. The van der Waals surface area contributed by atoms with E-state index in [1.54, 1.807) is 23.1 Å². The Labute approximate surface area is 167 Å². The van der Waals surface area contributed by atoms with Gasteiger partial charge >= 0.3 is 0 Å². The second-order valence-electron chi connectivity index (χ2n) is 7.08. The molecule has 0 unspecified atom stereocenters. The van der Waals surface area contributed by atoms with Crippen molar-refractivity contribution in [2.45, 2.75) is 24.6 Å². The lowest BCUT2D eigenvalue weighted by Crippen LogP contribution is -2.38. The van der Waals surface area contributed by atoms with Gasteiger partial charge in [-0.1, -0.05) is 53.7 Å². The molecule has 2 aromatic rings. The van der Waals surface area contributed by atoms with Crippen molar-refractivity contribution >= 4 is 38.4 Å². The molecule has 2 aliphatic heterocycles. The minimum atomic E-state index is -3.19. The summed E-state index contributed by atoms with van der Waals surface area (Å²) < 4.78 is 38.6. The van der Waals surface area contributed by atoms with Crippen molar-refractivity contribution < 1.29 is 17.6 Å². The van der Waals surface area contributed by atoms with E-state index in [9.17, 15) is 17.6 Å². The van der Waals surface area contributed by atoms with Crippen LogP contribution in [0.2, 0.25) is 0 Å². The smallest absolute Gasteiger partial charge is 0.252 e. The molecule has 8 heteroatoms. The number of benzene rings is 2. The Morgan fingerprint density at radius 1 is 1.21 bits per heavy atom. The monoisotopic (exact) mass is 418 g/mol. The van der Waals surface area contributed by atoms with E-state index in [0.717, 1.165) is 11.1 Å². The summed E-state index contributed by atoms with van der Waals surface area (Å²) in [6, 6.07) is 13.4. The Balaban J connectivity index is 1.66. The molecule has 0 bridgehead atoms. The van der Waals surface area contributed by atoms with Crippen LogP contribution in [0.15, 0.2) is 53.5 Å². The van der Waals surface area contributed by atoms with Crippen molar-refractivity contribution in [3.8, 4) is 0 Å². The van der Waals surface area contributed by atoms with Gasteiger partial charge in [0.1, 0.15) is 5.82 Å². The highest BCUT2D eigenvalue weighted by Crippen LogP contribution is 2.41. The zero-order valence-electron chi connectivity index (χ0n) is 15.2. The lowest BCUT2D eigenvalue weighted by atomic mass is 10.1. The molecule has 5 nitrogen and oxygen atoms in total. The number of hydrogen-bond donors (Lipinski definition) is 0. The molecule has 2 fully saturated rings. The van der Waals surface area contributed by atoms with Crippen molar-refractivity contribution in [1.82, 2.24) is 0 Å². The van der Waals surface area contributed by atoms with E-state index < -0.39 is 21.7 Å². The van der Waals surface area contributed by atoms with E-state index >= 15 is 0 Å². The van der Waals surface area contributed by atoms with E-state index in [4.69, 9.17) is 0 Å². The lowest BCUT2D eigenvalue weighted by molar-refractivity contribution is -0.117. The summed E-state index contributed by atoms with van der Waals surface area (Å²) >= 11 is 1.25. The predicted octanol–water partition coefficient (Wildman–Crippen LogP) is 2.98. The topological polar surface area (TPSA) is 66.8 Å². The maximum Gasteiger partial charge on any atom is 0.252 e. The van der Waals surface area contributed by atoms with Crippen LogP contribution in [0.3, 0.4) is 0 Å². The standard InChI is InChI=1S/C20H19FN2O3S2/c1-13-5-4-6-14(9-13)10-19(24)22-20-23(16-8-3-2-7-15(16)21)17-11-28(25,26)12-18(17)27-20/h2-9,17-18H,10-12H2,1H3/t17-,18-/m1/s1. The third-order valence-electron chi connectivity index (χ3n) is 4.84. The number of carbonyl (C=O) groups is 1. The molecule has 146 valence electrons. The van der Waals surface area contributed by atoms with Gasteiger partial charge in [0.05, 0.1) is 29.7 Å². The third-order valence-corrected chi connectivity index (χ3v) is 8.05. The summed E-state index contributed by atoms with van der Waals surface area (Å²) in [5.41, 5.74) is 2.17. The van der Waals surface area contributed by atoms with Crippen LogP contribution in [0.5, 0.6) is 0 Å². The van der Waals surface area contributed by atoms with Crippen molar-refractivity contribution in [1.29, 1.82) is 0 Å². The fourth-order valence-electron chi connectivity index (χ4n) is 3.64. The number of sulfone groups is 1. The fraction of sp³-hybridized carbons (Fsp3) is 0.300. The third kappa shape index (κ3) is 3.84. The van der Waals surface area contributed by atoms with E-state index in [-0.39, 0.29) is 34.8 Å². The molecule has 0 aromatic heterocycles. The van der Waals surface area contributed by atoms with Crippen LogP contribution in [0.1, 0.15) is 11.1 Å². The Kier molecular flexibility index (Phi) is 5.01. The normalized spacial score (nSPS) is 24.5. The van der Waals surface area contributed by atoms with Gasteiger partial charge in [0, 0.05) is 5.25 Å². The Bertz CT molecular complexity index is 1070. The van der Waals surface area contributed by atoms with Gasteiger partial charge in [-0.25, -0.2) is 12.8 Å². The number of amidine groups is 1. The molecular weight excluding hydrogens is 399 g/mol. The van der Waals surface area contributed by atoms with Crippen LogP contribution in [-0.4, -0.2) is 42.3 Å². The molecule has 0 saturated carbocycles. The summed E-state index contributed by atoms with van der Waals surface area (Å²) in [4.78, 5) is 18.4. The summed E-state index contributed by atoms with van der Waals surface area (Å²) in [7, 11) is -3.19. The van der Waals surface area contributed by atoms with E-state index in [1.165, 1.54) is 17.8 Å². The van der Waals surface area contributed by atoms with E-state index in [1.807, 2.05) is 31.2 Å². The highest BCUT2D eigenvalue weighted by Gasteiger charge is 2.49. The number of fused-ring (bicyclic) bond motifs is 1. The number of thioether (sulfide) groups is 1. The SMILES string of the molecule is Cc1cccc(CC(=O)N=C2S[C@@H]3CS(=O)(=O)C[C@H]3N2c2ccccc2F)c1. The van der Waals surface area contributed by atoms with Crippen LogP contribution >= 0.6 is 11.8 Å². The van der Waals surface area contributed by atoms with Crippen LogP contribution in [0.25, 0.3) is 0 Å². The highest BCUT2D eigenvalue weighted by molar-refractivity contribution is 8.16. The molecule has 0 aliphatic carbocycles. The highest BCUT2D eigenvalue weighted by atomic mass is 32.2. The molecule has 2 atom stereocenters. The first-order valence-electron chi connectivity index (χ1n) is 8.90. The number of aliphatic imine (C=N–C) groups is 1. The second kappa shape index (κ2) is 7.33. The number of rotatable bonds is 3. The van der Waals surface area contributed by atoms with Gasteiger partial charge < -0.3 is 4.90 Å². The van der Waals surface area contributed by atoms with Crippen LogP contribution in [0.4, 0.5) is 10.1 Å². The quantitative estimate of drug-likeness (QED) is 0.767. The Morgan fingerprint density at radius 3 is 2.75 bits per heavy atom. The summed E-state index contributed by atoms with van der Waals surface area (Å²) in [5, 5.41) is 0.114. The maximum absolute atomic E-state index is 14.5. The molecule has 4 rings (SSSR count). The summed E-state index contributed by atoms with van der Waals surface area (Å²) in [6.45, 7) is 1.95. The van der Waals surface area contributed by atoms with Gasteiger partial charge in [0.2, 0.25) is 0 Å². The molecule has 1 amide bonds. The Morgan fingerprint density at radius 2 is 2.00 bits per heavy atom. The summed E-state index contributed by atoms with van der Waals surface area (Å²) in [5.74, 6) is -0.855. The molecule has 2 aromatic carbocycles. The van der Waals surface area contributed by atoms with Gasteiger partial charge in [0.15, 0.2) is 15.0 Å². The van der Waals surface area contributed by atoms with Gasteiger partial charge in [-0.05, 0) is 24.6 Å². The van der Waals surface area contributed by atoms with Crippen molar-refractivity contribution in [3.05, 3.63) is 65.5 Å². The number of halogens is 1. The minimum absolute atomic E-state index is 0.0123. The number of anilines is 1. The molecule has 2 heterocycles.